The standard InChI is InChI=1S/C50H28N10O5/c61-39-23-33-41-29(7-5-9-31(41)45-51-35-11-1-3-13-37(35)59(45)49(33)63)43(39)55-53-27-19-15-25(16-20-27)47-57-58-48(65-47)26-17-21-28(22-18-26)54-56-44-30-8-6-10-32-42(30)34(24-40(44)62)50(64)60-38-14-4-2-12-36(38)52-46(32)60/h1-17,19-21,23-24,61-62H,18,22H2/b55-53?,56-54-. The minimum absolute atomic E-state index is 0.147. The van der Waals surface area contributed by atoms with Crippen molar-refractivity contribution in [3.05, 3.63) is 166 Å². The number of aromatic nitrogens is 6. The summed E-state index contributed by atoms with van der Waals surface area (Å²) in [5.74, 6) is 0.385. The number of rotatable bonds is 6. The monoisotopic (exact) mass is 848 g/mol. The zero-order valence-corrected chi connectivity index (χ0v) is 33.7. The second kappa shape index (κ2) is 13.6. The Labute approximate surface area is 363 Å². The summed E-state index contributed by atoms with van der Waals surface area (Å²) < 4.78 is 9.27. The molecule has 308 valence electrons. The van der Waals surface area contributed by atoms with Gasteiger partial charge in [0.1, 0.15) is 34.2 Å². The summed E-state index contributed by atoms with van der Waals surface area (Å²) in [6.45, 7) is 0. The zero-order valence-electron chi connectivity index (χ0n) is 33.7. The molecule has 0 fully saturated rings. The molecule has 0 atom stereocenters. The molecular weight excluding hydrogens is 821 g/mol. The first-order chi connectivity index (χ1) is 31.9. The molecule has 15 heteroatoms. The normalized spacial score (nSPS) is 13.7. The van der Waals surface area contributed by atoms with Crippen molar-refractivity contribution in [2.24, 2.45) is 20.5 Å². The second-order valence-electron chi connectivity index (χ2n) is 15.9. The van der Waals surface area contributed by atoms with Gasteiger partial charge in [0.2, 0.25) is 11.8 Å². The van der Waals surface area contributed by atoms with E-state index < -0.39 is 0 Å². The number of fused-ring (bicyclic) bond motifs is 8. The molecule has 0 amide bonds. The average Bonchev–Trinajstić information content (AvgIpc) is 4.09. The van der Waals surface area contributed by atoms with Gasteiger partial charge in [-0.2, -0.15) is 10.2 Å². The summed E-state index contributed by atoms with van der Waals surface area (Å²) in [6.07, 6.45) is 4.78. The van der Waals surface area contributed by atoms with E-state index in [0.717, 1.165) is 16.3 Å². The van der Waals surface area contributed by atoms with Crippen molar-refractivity contribution < 1.29 is 14.6 Å². The summed E-state index contributed by atoms with van der Waals surface area (Å²) in [5.41, 5.74) is 6.59. The largest absolute Gasteiger partial charge is 0.506 e. The van der Waals surface area contributed by atoms with Gasteiger partial charge < -0.3 is 14.6 Å². The Balaban J connectivity index is 0.755. The molecule has 15 nitrogen and oxygen atoms in total. The molecule has 65 heavy (non-hydrogen) atoms. The van der Waals surface area contributed by atoms with Crippen molar-refractivity contribution in [3.8, 4) is 23.0 Å². The van der Waals surface area contributed by atoms with E-state index in [4.69, 9.17) is 14.4 Å². The van der Waals surface area contributed by atoms with Gasteiger partial charge in [0.15, 0.2) is 0 Å². The smallest absolute Gasteiger partial charge is 0.264 e. The minimum Gasteiger partial charge on any atom is -0.506 e. The molecule has 0 unspecified atom stereocenters. The molecule has 13 rings (SSSR count). The molecule has 0 saturated heterocycles. The zero-order chi connectivity index (χ0) is 43.5. The van der Waals surface area contributed by atoms with E-state index in [1.165, 1.54) is 12.1 Å². The van der Waals surface area contributed by atoms with Crippen molar-refractivity contribution in [1.82, 2.24) is 29.0 Å². The third kappa shape index (κ3) is 5.42. The number of hydrogen-bond donors (Lipinski definition) is 2. The SMILES string of the molecule is O=c1c2cc(O)c(N=Nc3ccc(-c4nnc(C5=CC=C(/N=N\c6c(O)cc7c(=O)n8c9ccccc9nc8c8cccc6c78)CC5)o4)cc3)c3cccc(c32)c2nc3ccccc3n12. The highest BCUT2D eigenvalue weighted by Gasteiger charge is 2.22. The van der Waals surface area contributed by atoms with Crippen LogP contribution < -0.4 is 11.1 Å². The first kappa shape index (κ1) is 36.4. The predicted octanol–water partition coefficient (Wildman–Crippen LogP) is 11.2. The molecule has 1 aliphatic carbocycles. The van der Waals surface area contributed by atoms with Crippen LogP contribution in [0.4, 0.5) is 17.1 Å². The van der Waals surface area contributed by atoms with Crippen molar-refractivity contribution >= 4 is 99.1 Å². The minimum atomic E-state index is -0.272. The number of para-hydroxylation sites is 4. The van der Waals surface area contributed by atoms with Gasteiger partial charge in [0.05, 0.1) is 44.2 Å². The number of azo groups is 2. The van der Waals surface area contributed by atoms with E-state index in [2.05, 4.69) is 30.7 Å². The topological polar surface area (TPSA) is 198 Å². The molecule has 1 aliphatic rings. The van der Waals surface area contributed by atoms with Gasteiger partial charge in [-0.05, 0) is 79.6 Å². The van der Waals surface area contributed by atoms with Crippen LogP contribution in [0, 0.1) is 0 Å². The van der Waals surface area contributed by atoms with Gasteiger partial charge in [0.25, 0.3) is 11.1 Å². The highest BCUT2D eigenvalue weighted by atomic mass is 16.4. The Bertz CT molecular complexity index is 4260. The fraction of sp³-hybridized carbons (Fsp3) is 0.0400. The van der Waals surface area contributed by atoms with Crippen LogP contribution in [0.1, 0.15) is 18.7 Å². The maximum absolute atomic E-state index is 13.8. The Kier molecular flexibility index (Phi) is 7.64. The lowest BCUT2D eigenvalue weighted by Gasteiger charge is -2.11. The Morgan fingerprint density at radius 1 is 0.523 bits per heavy atom. The number of allylic oxidation sites excluding steroid dienone is 4. The van der Waals surface area contributed by atoms with Crippen LogP contribution in [-0.2, 0) is 0 Å². The summed E-state index contributed by atoms with van der Waals surface area (Å²) in [6, 6.07) is 36.1. The van der Waals surface area contributed by atoms with Crippen LogP contribution in [0.15, 0.2) is 174 Å². The third-order valence-electron chi connectivity index (χ3n) is 12.2. The van der Waals surface area contributed by atoms with Crippen molar-refractivity contribution in [2.45, 2.75) is 12.8 Å². The highest BCUT2D eigenvalue weighted by Crippen LogP contribution is 2.43. The third-order valence-corrected chi connectivity index (χ3v) is 12.2. The van der Waals surface area contributed by atoms with E-state index in [9.17, 15) is 19.8 Å². The van der Waals surface area contributed by atoms with Crippen molar-refractivity contribution in [2.75, 3.05) is 0 Å². The second-order valence-corrected chi connectivity index (χ2v) is 15.9. The summed E-state index contributed by atoms with van der Waals surface area (Å²) >= 11 is 0. The molecule has 0 spiro atoms. The van der Waals surface area contributed by atoms with Crippen molar-refractivity contribution in [1.29, 1.82) is 0 Å². The molecule has 12 aromatic rings. The van der Waals surface area contributed by atoms with E-state index in [1.54, 1.807) is 33.1 Å². The van der Waals surface area contributed by atoms with E-state index in [-0.39, 0.29) is 34.0 Å². The molecule has 0 aliphatic heterocycles. The van der Waals surface area contributed by atoms with Gasteiger partial charge in [-0.3, -0.25) is 18.4 Å². The number of aromatic hydroxyl groups is 2. The summed E-state index contributed by atoms with van der Waals surface area (Å²) in [7, 11) is 0. The fourth-order valence-corrected chi connectivity index (χ4v) is 9.15. The quantitative estimate of drug-likeness (QED) is 0.153. The number of hydrogen-bond acceptors (Lipinski definition) is 13. The lowest BCUT2D eigenvalue weighted by atomic mass is 10.0. The number of phenolic OH excluding ortho intramolecular Hbond substituents is 2. The number of nitrogens with zero attached hydrogens (tertiary/aromatic N) is 10. The van der Waals surface area contributed by atoms with Gasteiger partial charge >= 0.3 is 0 Å². The molecule has 5 aromatic heterocycles. The Hall–Kier alpha value is -9.24. The molecule has 0 bridgehead atoms. The molecule has 2 N–H and O–H groups in total. The van der Waals surface area contributed by atoms with Gasteiger partial charge in [-0.15, -0.1) is 20.4 Å². The van der Waals surface area contributed by atoms with Gasteiger partial charge in [0, 0.05) is 43.5 Å². The number of phenols is 2. The summed E-state index contributed by atoms with van der Waals surface area (Å²) in [5, 5.41) is 53.6. The lowest BCUT2D eigenvalue weighted by Crippen LogP contribution is -2.13. The van der Waals surface area contributed by atoms with E-state index >= 15 is 0 Å². The molecule has 7 aromatic carbocycles. The van der Waals surface area contributed by atoms with E-state index in [1.807, 2.05) is 97.1 Å². The number of benzene rings is 7. The van der Waals surface area contributed by atoms with Crippen LogP contribution in [-0.4, -0.2) is 39.2 Å². The highest BCUT2D eigenvalue weighted by molar-refractivity contribution is 6.20. The Morgan fingerprint density at radius 3 is 1.63 bits per heavy atom. The fourth-order valence-electron chi connectivity index (χ4n) is 9.15. The number of pyridine rings is 2. The van der Waals surface area contributed by atoms with Crippen LogP contribution >= 0.6 is 0 Å². The average molecular weight is 849 g/mol. The van der Waals surface area contributed by atoms with Crippen LogP contribution in [0.3, 0.4) is 0 Å². The van der Waals surface area contributed by atoms with E-state index in [0.29, 0.717) is 107 Å². The van der Waals surface area contributed by atoms with Gasteiger partial charge in [-0.25, -0.2) is 9.97 Å². The van der Waals surface area contributed by atoms with Crippen LogP contribution in [0.2, 0.25) is 0 Å². The van der Waals surface area contributed by atoms with Crippen LogP contribution in [0.25, 0.3) is 93.5 Å². The predicted molar refractivity (Wildman–Crippen MR) is 247 cm³/mol. The Morgan fingerprint density at radius 2 is 1.06 bits per heavy atom. The molecule has 0 radical (unpaired) electrons. The van der Waals surface area contributed by atoms with Gasteiger partial charge in [-0.1, -0.05) is 66.7 Å². The lowest BCUT2D eigenvalue weighted by molar-refractivity contribution is 0.477. The molecular formula is C50H28N10O5. The van der Waals surface area contributed by atoms with Crippen molar-refractivity contribution in [3.63, 3.8) is 0 Å². The summed E-state index contributed by atoms with van der Waals surface area (Å²) in [4.78, 5) is 37.1. The molecule has 5 heterocycles. The first-order valence-corrected chi connectivity index (χ1v) is 20.7. The maximum Gasteiger partial charge on any atom is 0.264 e. The van der Waals surface area contributed by atoms with Crippen LogP contribution in [0.5, 0.6) is 11.5 Å². The molecule has 0 saturated carbocycles. The first-order valence-electron chi connectivity index (χ1n) is 20.7. The number of imidazole rings is 2. The maximum atomic E-state index is 13.8.